The van der Waals surface area contributed by atoms with Gasteiger partial charge >= 0.3 is 0 Å². The molecule has 1 atom stereocenters. The van der Waals surface area contributed by atoms with E-state index in [1.165, 1.54) is 12.1 Å². The lowest BCUT2D eigenvalue weighted by molar-refractivity contribution is 0.384. The van der Waals surface area contributed by atoms with Gasteiger partial charge in [-0.2, -0.15) is 0 Å². The second-order valence-electron chi connectivity index (χ2n) is 6.63. The van der Waals surface area contributed by atoms with Gasteiger partial charge in [0.05, 0.1) is 14.2 Å². The molecule has 0 heterocycles. The molecule has 24 heavy (non-hydrogen) atoms. The zero-order valence-corrected chi connectivity index (χ0v) is 15.7. The molecule has 0 bridgehead atoms. The van der Waals surface area contributed by atoms with E-state index in [-0.39, 0.29) is 11.7 Å². The highest BCUT2D eigenvalue weighted by atomic mass is 19.1. The van der Waals surface area contributed by atoms with Gasteiger partial charge < -0.3 is 9.47 Å². The van der Waals surface area contributed by atoms with Crippen LogP contribution in [0, 0.1) is 32.5 Å². The Kier molecular flexibility index (Phi) is 5.53. The Morgan fingerprint density at radius 1 is 0.792 bits per heavy atom. The molecule has 2 aromatic carbocycles. The maximum atomic E-state index is 13.4. The molecule has 0 saturated heterocycles. The zero-order chi connectivity index (χ0) is 18.0. The smallest absolute Gasteiger partial charge is 0.126 e. The summed E-state index contributed by atoms with van der Waals surface area (Å²) in [5.41, 5.74) is 5.47. The first-order valence-electron chi connectivity index (χ1n) is 8.30. The molecule has 0 N–H and O–H groups in total. The monoisotopic (exact) mass is 330 g/mol. The largest absolute Gasteiger partial charge is 0.496 e. The van der Waals surface area contributed by atoms with Crippen molar-refractivity contribution < 1.29 is 13.9 Å². The van der Waals surface area contributed by atoms with E-state index in [9.17, 15) is 4.39 Å². The van der Waals surface area contributed by atoms with Crippen molar-refractivity contribution in [2.75, 3.05) is 14.2 Å². The van der Waals surface area contributed by atoms with Crippen LogP contribution in [-0.4, -0.2) is 14.2 Å². The molecule has 3 heteroatoms. The van der Waals surface area contributed by atoms with Gasteiger partial charge in [-0.25, -0.2) is 4.39 Å². The molecule has 0 aliphatic carbocycles. The SMILES string of the molecule is COc1c(C)c(C)c(OC)c(C(c2ccc(F)cc2)C(C)C)c1C. The van der Waals surface area contributed by atoms with Gasteiger partial charge in [0.15, 0.2) is 0 Å². The van der Waals surface area contributed by atoms with Gasteiger partial charge in [-0.3, -0.25) is 0 Å². The van der Waals surface area contributed by atoms with Gasteiger partial charge in [0.1, 0.15) is 17.3 Å². The van der Waals surface area contributed by atoms with Gasteiger partial charge in [-0.15, -0.1) is 0 Å². The van der Waals surface area contributed by atoms with Crippen molar-refractivity contribution in [2.45, 2.75) is 40.5 Å². The number of rotatable bonds is 5. The van der Waals surface area contributed by atoms with E-state index >= 15 is 0 Å². The summed E-state index contributed by atoms with van der Waals surface area (Å²) < 4.78 is 24.8. The summed E-state index contributed by atoms with van der Waals surface area (Å²) in [4.78, 5) is 0. The molecule has 1 unspecified atom stereocenters. The van der Waals surface area contributed by atoms with Crippen LogP contribution in [0.25, 0.3) is 0 Å². The minimum absolute atomic E-state index is 0.105. The van der Waals surface area contributed by atoms with Crippen LogP contribution in [0.3, 0.4) is 0 Å². The fourth-order valence-electron chi connectivity index (χ4n) is 3.62. The molecule has 0 aliphatic heterocycles. The van der Waals surface area contributed by atoms with Crippen molar-refractivity contribution in [2.24, 2.45) is 5.92 Å². The molecule has 2 nitrogen and oxygen atoms in total. The summed E-state index contributed by atoms with van der Waals surface area (Å²) in [6, 6.07) is 6.76. The Hall–Kier alpha value is -2.03. The van der Waals surface area contributed by atoms with Gasteiger partial charge in [-0.05, 0) is 61.1 Å². The molecule has 130 valence electrons. The molecular weight excluding hydrogens is 303 g/mol. The molecule has 0 saturated carbocycles. The summed E-state index contributed by atoms with van der Waals surface area (Å²) in [6.45, 7) is 10.5. The minimum Gasteiger partial charge on any atom is -0.496 e. The molecule has 2 aromatic rings. The Bertz CT molecular complexity index is 718. The number of ether oxygens (including phenoxy) is 2. The number of hydrogen-bond acceptors (Lipinski definition) is 2. The summed E-state index contributed by atoms with van der Waals surface area (Å²) in [7, 11) is 3.41. The highest BCUT2D eigenvalue weighted by molar-refractivity contribution is 5.61. The van der Waals surface area contributed by atoms with Crippen LogP contribution in [0.5, 0.6) is 11.5 Å². The average molecular weight is 330 g/mol. The topological polar surface area (TPSA) is 18.5 Å². The molecule has 2 rings (SSSR count). The van der Waals surface area contributed by atoms with Crippen LogP contribution in [0.1, 0.15) is 47.6 Å². The molecule has 0 radical (unpaired) electrons. The van der Waals surface area contributed by atoms with Crippen molar-refractivity contribution in [3.63, 3.8) is 0 Å². The lowest BCUT2D eigenvalue weighted by Gasteiger charge is -2.29. The molecule has 0 fully saturated rings. The van der Waals surface area contributed by atoms with Crippen molar-refractivity contribution in [3.8, 4) is 11.5 Å². The van der Waals surface area contributed by atoms with Gasteiger partial charge in [0, 0.05) is 11.5 Å². The normalized spacial score (nSPS) is 12.4. The second-order valence-corrected chi connectivity index (χ2v) is 6.63. The molecule has 0 spiro atoms. The number of benzene rings is 2. The van der Waals surface area contributed by atoms with Crippen molar-refractivity contribution in [1.82, 2.24) is 0 Å². The van der Waals surface area contributed by atoms with E-state index in [0.717, 1.165) is 39.3 Å². The highest BCUT2D eigenvalue weighted by Gasteiger charge is 2.28. The van der Waals surface area contributed by atoms with Crippen LogP contribution in [0.15, 0.2) is 24.3 Å². The second kappa shape index (κ2) is 7.25. The maximum Gasteiger partial charge on any atom is 0.126 e. The predicted octanol–water partition coefficient (Wildman–Crippen LogP) is 5.56. The van der Waals surface area contributed by atoms with Gasteiger partial charge in [-0.1, -0.05) is 26.0 Å². The van der Waals surface area contributed by atoms with Crippen LogP contribution >= 0.6 is 0 Å². The molecule has 0 amide bonds. The molecular formula is C21H27FO2. The highest BCUT2D eigenvalue weighted by Crippen LogP contribution is 2.45. The van der Waals surface area contributed by atoms with E-state index in [4.69, 9.17) is 9.47 Å². The lowest BCUT2D eigenvalue weighted by atomic mass is 9.78. The Labute approximate surface area is 144 Å². The minimum atomic E-state index is -0.220. The van der Waals surface area contributed by atoms with E-state index in [2.05, 4.69) is 34.6 Å². The number of halogens is 1. The van der Waals surface area contributed by atoms with Crippen LogP contribution < -0.4 is 9.47 Å². The van der Waals surface area contributed by atoms with E-state index in [1.54, 1.807) is 14.2 Å². The first-order chi connectivity index (χ1) is 11.3. The third kappa shape index (κ3) is 3.12. The number of hydrogen-bond donors (Lipinski definition) is 0. The summed E-state index contributed by atoms with van der Waals surface area (Å²) >= 11 is 0. The summed E-state index contributed by atoms with van der Waals surface area (Å²) in [5.74, 6) is 2.01. The van der Waals surface area contributed by atoms with Crippen molar-refractivity contribution in [1.29, 1.82) is 0 Å². The quantitative estimate of drug-likeness (QED) is 0.715. The average Bonchev–Trinajstić information content (AvgIpc) is 2.54. The van der Waals surface area contributed by atoms with Crippen LogP contribution in [0.4, 0.5) is 4.39 Å². The zero-order valence-electron chi connectivity index (χ0n) is 15.7. The molecule has 0 aliphatic rings. The predicted molar refractivity (Wildman–Crippen MR) is 96.8 cm³/mol. The first-order valence-corrected chi connectivity index (χ1v) is 8.30. The molecule has 0 aromatic heterocycles. The Morgan fingerprint density at radius 3 is 1.75 bits per heavy atom. The van der Waals surface area contributed by atoms with E-state index in [1.807, 2.05) is 12.1 Å². The summed E-state index contributed by atoms with van der Waals surface area (Å²) in [6.07, 6.45) is 0. The third-order valence-electron chi connectivity index (χ3n) is 4.85. The fourth-order valence-corrected chi connectivity index (χ4v) is 3.62. The van der Waals surface area contributed by atoms with E-state index < -0.39 is 0 Å². The van der Waals surface area contributed by atoms with Crippen molar-refractivity contribution >= 4 is 0 Å². The summed E-state index contributed by atoms with van der Waals surface area (Å²) in [5, 5.41) is 0. The standard InChI is InChI=1S/C21H27FO2/c1-12(2)18(16-8-10-17(22)11-9-16)19-15(5)20(23-6)13(3)14(4)21(19)24-7/h8-12,18H,1-7H3. The fraction of sp³-hybridized carbons (Fsp3) is 0.429. The van der Waals surface area contributed by atoms with Crippen LogP contribution in [0.2, 0.25) is 0 Å². The Morgan fingerprint density at radius 2 is 1.29 bits per heavy atom. The van der Waals surface area contributed by atoms with Crippen LogP contribution in [-0.2, 0) is 0 Å². The number of methoxy groups -OCH3 is 2. The Balaban J connectivity index is 2.79. The third-order valence-corrected chi connectivity index (χ3v) is 4.85. The first kappa shape index (κ1) is 18.3. The van der Waals surface area contributed by atoms with Crippen molar-refractivity contribution in [3.05, 3.63) is 57.9 Å². The van der Waals surface area contributed by atoms with Gasteiger partial charge in [0.2, 0.25) is 0 Å². The van der Waals surface area contributed by atoms with Gasteiger partial charge in [0.25, 0.3) is 0 Å². The lowest BCUT2D eigenvalue weighted by Crippen LogP contribution is -2.14. The maximum absolute atomic E-state index is 13.4. The van der Waals surface area contributed by atoms with E-state index in [0.29, 0.717) is 5.92 Å².